The number of aromatic nitrogens is 2. The third-order valence-electron chi connectivity index (χ3n) is 13.1. The van der Waals surface area contributed by atoms with Gasteiger partial charge in [-0.15, -0.1) is 0 Å². The number of hydrogen-bond donors (Lipinski definition) is 0. The van der Waals surface area contributed by atoms with Crippen LogP contribution in [0.4, 0.5) is 0 Å². The van der Waals surface area contributed by atoms with Crippen molar-refractivity contribution >= 4 is 108 Å². The van der Waals surface area contributed by atoms with Crippen LogP contribution in [0.3, 0.4) is 0 Å². The number of fused-ring (bicyclic) bond motifs is 6. The Bertz CT molecular complexity index is 3760. The molecule has 0 bridgehead atoms. The zero-order valence-electron chi connectivity index (χ0n) is 31.4. The Labute approximate surface area is 332 Å². The van der Waals surface area contributed by atoms with Crippen LogP contribution in [0, 0.1) is 0 Å². The second-order valence-corrected chi connectivity index (χ2v) is 16.1. The first-order chi connectivity index (χ1) is 28.8. The second kappa shape index (κ2) is 11.0. The van der Waals surface area contributed by atoms with E-state index in [1.54, 1.807) is 0 Å². The summed E-state index contributed by atoms with van der Waals surface area (Å²) in [6.07, 6.45) is 0. The summed E-state index contributed by atoms with van der Waals surface area (Å²) >= 11 is 0. The fourth-order valence-electron chi connectivity index (χ4n) is 10.7. The molecule has 0 spiro atoms. The van der Waals surface area contributed by atoms with Gasteiger partial charge in [0.2, 0.25) is 0 Å². The Balaban J connectivity index is 1.11. The molecule has 266 valence electrons. The summed E-state index contributed by atoms with van der Waals surface area (Å²) in [6, 6.07) is 72.7. The molecule has 0 saturated heterocycles. The lowest BCUT2D eigenvalue weighted by molar-refractivity contribution is 1.20. The van der Waals surface area contributed by atoms with Crippen molar-refractivity contribution in [1.29, 1.82) is 0 Å². The van der Waals surface area contributed by atoms with E-state index < -0.39 is 0 Å². The normalized spacial score (nSPS) is 12.5. The minimum absolute atomic E-state index is 1.21. The van der Waals surface area contributed by atoms with Gasteiger partial charge < -0.3 is 9.13 Å². The van der Waals surface area contributed by atoms with Crippen molar-refractivity contribution in [1.82, 2.24) is 9.13 Å². The van der Waals surface area contributed by atoms with Crippen LogP contribution in [0.25, 0.3) is 131 Å². The predicted octanol–water partition coefficient (Wildman–Crippen LogP) is 15.3. The Kier molecular flexibility index (Phi) is 5.79. The van der Waals surface area contributed by atoms with E-state index in [0.717, 1.165) is 0 Å². The highest BCUT2D eigenvalue weighted by molar-refractivity contribution is 6.28. The van der Waals surface area contributed by atoms with Crippen LogP contribution in [-0.4, -0.2) is 9.13 Å². The third-order valence-corrected chi connectivity index (χ3v) is 13.1. The molecule has 0 aliphatic carbocycles. The smallest absolute Gasteiger partial charge is 0.0553 e. The van der Waals surface area contributed by atoms with Gasteiger partial charge in [-0.05, 0) is 114 Å². The molecule has 2 heteroatoms. The van der Waals surface area contributed by atoms with Crippen molar-refractivity contribution in [2.24, 2.45) is 0 Å². The third kappa shape index (κ3) is 3.91. The Hall–Kier alpha value is -7.68. The van der Waals surface area contributed by atoms with E-state index in [4.69, 9.17) is 0 Å². The van der Waals surface area contributed by atoms with Gasteiger partial charge in [0, 0.05) is 32.3 Å². The summed E-state index contributed by atoms with van der Waals surface area (Å²) in [5.74, 6) is 0. The molecule has 2 nitrogen and oxygen atoms in total. The maximum absolute atomic E-state index is 2.54. The molecule has 0 fully saturated rings. The Morgan fingerprint density at radius 1 is 0.224 bits per heavy atom. The molecule has 2 heterocycles. The lowest BCUT2D eigenvalue weighted by Gasteiger charge is -2.16. The zero-order valence-corrected chi connectivity index (χ0v) is 31.4. The highest BCUT2D eigenvalue weighted by atomic mass is 15.0. The van der Waals surface area contributed by atoms with E-state index in [0.29, 0.717) is 0 Å². The quantitative estimate of drug-likeness (QED) is 0.160. The van der Waals surface area contributed by atoms with Gasteiger partial charge in [0.25, 0.3) is 0 Å². The van der Waals surface area contributed by atoms with Gasteiger partial charge in [-0.1, -0.05) is 146 Å². The summed E-state index contributed by atoms with van der Waals surface area (Å²) in [5, 5.41) is 20.4. The van der Waals surface area contributed by atoms with Crippen LogP contribution in [0.5, 0.6) is 0 Å². The molecule has 0 aliphatic heterocycles. The maximum atomic E-state index is 2.54. The first kappa shape index (κ1) is 30.5. The maximum Gasteiger partial charge on any atom is 0.0553 e. The summed E-state index contributed by atoms with van der Waals surface area (Å²) in [5.41, 5.74) is 9.77. The highest BCUT2D eigenvalue weighted by Gasteiger charge is 2.23. The summed E-state index contributed by atoms with van der Waals surface area (Å²) < 4.78 is 5.08. The van der Waals surface area contributed by atoms with Gasteiger partial charge >= 0.3 is 0 Å². The Morgan fingerprint density at radius 3 is 1.05 bits per heavy atom. The first-order valence-corrected chi connectivity index (χ1v) is 20.2. The molecular weight excluding hydrogens is 701 g/mol. The van der Waals surface area contributed by atoms with Crippen LogP contribution < -0.4 is 0 Å². The molecule has 0 atom stereocenters. The monoisotopic (exact) mass is 732 g/mol. The van der Waals surface area contributed by atoms with Crippen molar-refractivity contribution in [2.45, 2.75) is 0 Å². The number of hydrogen-bond acceptors (Lipinski definition) is 0. The van der Waals surface area contributed by atoms with Gasteiger partial charge in [-0.3, -0.25) is 0 Å². The number of rotatable bonds is 3. The lowest BCUT2D eigenvalue weighted by Crippen LogP contribution is -1.97. The fraction of sp³-hybridized carbons (Fsp3) is 0. The van der Waals surface area contributed by atoms with Crippen LogP contribution in [0.15, 0.2) is 194 Å². The SMILES string of the molecule is c1ccc2c(c1)cc(-n1c3cccc4ccc5cc(-c6cc7ccc8cccc9c8c7c(c6)n9-c6cc7ccccc7c7ccccc67)cc1c5c43)c1ccccc12. The average Bonchev–Trinajstić information content (AvgIpc) is 3.81. The molecule has 0 unspecified atom stereocenters. The molecule has 58 heavy (non-hydrogen) atoms. The minimum atomic E-state index is 1.21. The first-order valence-electron chi connectivity index (χ1n) is 20.2. The topological polar surface area (TPSA) is 9.86 Å². The van der Waals surface area contributed by atoms with Gasteiger partial charge in [-0.25, -0.2) is 0 Å². The van der Waals surface area contributed by atoms with Crippen molar-refractivity contribution in [3.8, 4) is 22.5 Å². The average molecular weight is 733 g/mol. The molecule has 14 rings (SSSR count). The fourth-order valence-corrected chi connectivity index (χ4v) is 10.7. The zero-order chi connectivity index (χ0) is 37.6. The van der Waals surface area contributed by atoms with E-state index in [2.05, 4.69) is 203 Å². The molecular formula is C56H32N2. The molecule has 14 aromatic rings. The van der Waals surface area contributed by atoms with Gasteiger partial charge in [0.1, 0.15) is 0 Å². The van der Waals surface area contributed by atoms with Gasteiger partial charge in [-0.2, -0.15) is 0 Å². The molecule has 0 amide bonds. The second-order valence-electron chi connectivity index (χ2n) is 16.1. The van der Waals surface area contributed by atoms with E-state index in [-0.39, 0.29) is 0 Å². The molecule has 0 N–H and O–H groups in total. The molecule has 0 radical (unpaired) electrons. The largest absolute Gasteiger partial charge is 0.309 e. The molecule has 0 saturated carbocycles. The number of benzene rings is 12. The van der Waals surface area contributed by atoms with E-state index in [1.165, 1.54) is 131 Å². The standard InChI is InChI=1S/C56H32N2/c1-3-15-41-35(11-1)29-49(45-19-7-5-17-43(41)45)57-47-21-9-13-33-23-25-37-27-39(31-51(57)55(37)53(33)47)40-28-38-26-24-34-14-10-22-48-54(34)56(38)52(32-40)58(48)50-30-36-12-2-4-16-42(36)44-18-6-8-20-46(44)50/h1-32H. The van der Waals surface area contributed by atoms with Gasteiger partial charge in [0.15, 0.2) is 0 Å². The van der Waals surface area contributed by atoms with Crippen molar-refractivity contribution in [3.63, 3.8) is 0 Å². The van der Waals surface area contributed by atoms with Gasteiger partial charge in [0.05, 0.1) is 33.4 Å². The predicted molar refractivity (Wildman–Crippen MR) is 248 cm³/mol. The van der Waals surface area contributed by atoms with Crippen molar-refractivity contribution in [3.05, 3.63) is 194 Å². The van der Waals surface area contributed by atoms with E-state index in [9.17, 15) is 0 Å². The van der Waals surface area contributed by atoms with Crippen LogP contribution in [-0.2, 0) is 0 Å². The molecule has 12 aromatic carbocycles. The molecule has 2 aromatic heterocycles. The summed E-state index contributed by atoms with van der Waals surface area (Å²) in [4.78, 5) is 0. The van der Waals surface area contributed by atoms with Crippen LogP contribution in [0.1, 0.15) is 0 Å². The minimum Gasteiger partial charge on any atom is -0.309 e. The van der Waals surface area contributed by atoms with Crippen LogP contribution >= 0.6 is 0 Å². The lowest BCUT2D eigenvalue weighted by atomic mass is 9.94. The van der Waals surface area contributed by atoms with Crippen molar-refractivity contribution in [2.75, 3.05) is 0 Å². The summed E-state index contributed by atoms with van der Waals surface area (Å²) in [6.45, 7) is 0. The van der Waals surface area contributed by atoms with Crippen LogP contribution in [0.2, 0.25) is 0 Å². The van der Waals surface area contributed by atoms with Crippen molar-refractivity contribution < 1.29 is 0 Å². The highest BCUT2D eigenvalue weighted by Crippen LogP contribution is 2.46. The van der Waals surface area contributed by atoms with E-state index in [1.807, 2.05) is 0 Å². The summed E-state index contributed by atoms with van der Waals surface area (Å²) in [7, 11) is 0. The van der Waals surface area contributed by atoms with E-state index >= 15 is 0 Å². The Morgan fingerprint density at radius 2 is 0.586 bits per heavy atom. The molecule has 0 aliphatic rings. The number of nitrogens with zero attached hydrogens (tertiary/aromatic N) is 2.